The fraction of sp³-hybridized carbons (Fsp3) is 0.500. The number of hydrogen-bond donors (Lipinski definition) is 1. The molecule has 2 rings (SSSR count). The van der Waals surface area contributed by atoms with E-state index in [2.05, 4.69) is 0 Å². The zero-order valence-corrected chi connectivity index (χ0v) is 10.2. The fourth-order valence-corrected chi connectivity index (χ4v) is 2.17. The van der Waals surface area contributed by atoms with Gasteiger partial charge in [0.05, 0.1) is 17.1 Å². The van der Waals surface area contributed by atoms with E-state index in [1.54, 1.807) is 4.90 Å². The second kappa shape index (κ2) is 5.08. The first-order chi connectivity index (χ1) is 8.93. The summed E-state index contributed by atoms with van der Waals surface area (Å²) in [5, 5.41) is 19.9. The van der Waals surface area contributed by atoms with Crippen molar-refractivity contribution in [2.75, 3.05) is 18.0 Å². The monoisotopic (exact) mass is 272 g/mol. The summed E-state index contributed by atoms with van der Waals surface area (Å²) in [5.74, 6) is -2.63. The Hall–Kier alpha value is -1.76. The minimum Gasteiger partial charge on any atom is -0.391 e. The standard InChI is InChI=1S/C12H14F2N2O3/c13-12(14)3-5-15(6-4-12)10-1-2-11(16(18)19)9(7-10)8-17/h1-2,7,17H,3-6,8H2. The first kappa shape index (κ1) is 13.7. The number of piperidine rings is 1. The maximum atomic E-state index is 13.1. The lowest BCUT2D eigenvalue weighted by Gasteiger charge is -2.33. The second-order valence-corrected chi connectivity index (χ2v) is 4.57. The minimum atomic E-state index is -2.63. The molecule has 1 fully saturated rings. The van der Waals surface area contributed by atoms with Crippen molar-refractivity contribution in [1.29, 1.82) is 0 Å². The highest BCUT2D eigenvalue weighted by molar-refractivity contribution is 5.55. The molecule has 7 heteroatoms. The van der Waals surface area contributed by atoms with Crippen LogP contribution in [-0.2, 0) is 6.61 Å². The number of benzene rings is 1. The number of aliphatic hydroxyl groups excluding tert-OH is 1. The van der Waals surface area contributed by atoms with Crippen LogP contribution in [0.1, 0.15) is 18.4 Å². The molecule has 0 aliphatic carbocycles. The van der Waals surface area contributed by atoms with Gasteiger partial charge in [-0.05, 0) is 12.1 Å². The smallest absolute Gasteiger partial charge is 0.275 e. The predicted molar refractivity (Wildman–Crippen MR) is 65.4 cm³/mol. The fourth-order valence-electron chi connectivity index (χ4n) is 2.17. The van der Waals surface area contributed by atoms with Crippen LogP contribution in [0.25, 0.3) is 0 Å². The van der Waals surface area contributed by atoms with Gasteiger partial charge in [-0.2, -0.15) is 0 Å². The highest BCUT2D eigenvalue weighted by atomic mass is 19.3. The van der Waals surface area contributed by atoms with Crippen LogP contribution in [0.5, 0.6) is 0 Å². The summed E-state index contributed by atoms with van der Waals surface area (Å²) in [6, 6.07) is 4.32. The average Bonchev–Trinajstić information content (AvgIpc) is 2.37. The number of alkyl halides is 2. The van der Waals surface area contributed by atoms with Crippen LogP contribution in [-0.4, -0.2) is 29.0 Å². The quantitative estimate of drug-likeness (QED) is 0.677. The summed E-state index contributed by atoms with van der Waals surface area (Å²) < 4.78 is 26.1. The van der Waals surface area contributed by atoms with Crippen LogP contribution in [0.2, 0.25) is 0 Å². The van der Waals surface area contributed by atoms with Crippen molar-refractivity contribution >= 4 is 11.4 Å². The molecule has 1 aliphatic rings. The van der Waals surface area contributed by atoms with Crippen molar-refractivity contribution in [3.8, 4) is 0 Å². The van der Waals surface area contributed by atoms with Crippen LogP contribution in [0.3, 0.4) is 0 Å². The lowest BCUT2D eigenvalue weighted by molar-refractivity contribution is -0.385. The van der Waals surface area contributed by atoms with Crippen molar-refractivity contribution in [3.63, 3.8) is 0 Å². The molecule has 0 atom stereocenters. The van der Waals surface area contributed by atoms with Gasteiger partial charge < -0.3 is 10.0 Å². The Bertz CT molecular complexity index is 484. The average molecular weight is 272 g/mol. The molecule has 0 amide bonds. The van der Waals surface area contributed by atoms with Crippen LogP contribution in [0, 0.1) is 10.1 Å². The lowest BCUT2D eigenvalue weighted by Crippen LogP contribution is -2.39. The van der Waals surface area contributed by atoms with Gasteiger partial charge in [0.15, 0.2) is 0 Å². The molecular formula is C12H14F2N2O3. The van der Waals surface area contributed by atoms with E-state index in [-0.39, 0.29) is 37.2 Å². The number of anilines is 1. The molecule has 1 aliphatic heterocycles. The minimum absolute atomic E-state index is 0.159. The SMILES string of the molecule is O=[N+]([O-])c1ccc(N2CCC(F)(F)CC2)cc1CO. The number of nitro groups is 1. The normalized spacial score (nSPS) is 18.4. The van der Waals surface area contributed by atoms with Gasteiger partial charge in [0.25, 0.3) is 11.6 Å². The Morgan fingerprint density at radius 3 is 2.53 bits per heavy atom. The highest BCUT2D eigenvalue weighted by Gasteiger charge is 2.34. The van der Waals surface area contributed by atoms with Gasteiger partial charge in [0, 0.05) is 37.7 Å². The third-order valence-corrected chi connectivity index (χ3v) is 3.29. The van der Waals surface area contributed by atoms with Crippen LogP contribution >= 0.6 is 0 Å². The summed E-state index contributed by atoms with van der Waals surface area (Å²) in [6.45, 7) is -0.0422. The van der Waals surface area contributed by atoms with Crippen LogP contribution in [0.4, 0.5) is 20.2 Å². The van der Waals surface area contributed by atoms with Gasteiger partial charge in [-0.15, -0.1) is 0 Å². The van der Waals surface area contributed by atoms with E-state index in [1.807, 2.05) is 0 Å². The Kier molecular flexibility index (Phi) is 3.66. The molecule has 0 bridgehead atoms. The number of hydrogen-bond acceptors (Lipinski definition) is 4. The van der Waals surface area contributed by atoms with Gasteiger partial charge in [0.1, 0.15) is 0 Å². The van der Waals surface area contributed by atoms with Gasteiger partial charge >= 0.3 is 0 Å². The Labute approximate surface area is 108 Å². The predicted octanol–water partition coefficient (Wildman–Crippen LogP) is 2.32. The molecule has 5 nitrogen and oxygen atoms in total. The molecule has 19 heavy (non-hydrogen) atoms. The first-order valence-electron chi connectivity index (χ1n) is 5.94. The molecule has 0 aromatic heterocycles. The molecule has 0 radical (unpaired) electrons. The van der Waals surface area contributed by atoms with E-state index in [0.717, 1.165) is 0 Å². The third-order valence-electron chi connectivity index (χ3n) is 3.29. The molecule has 104 valence electrons. The molecule has 0 spiro atoms. The zero-order chi connectivity index (χ0) is 14.0. The Morgan fingerprint density at radius 1 is 1.37 bits per heavy atom. The molecule has 0 unspecified atom stereocenters. The first-order valence-corrected chi connectivity index (χ1v) is 5.94. The van der Waals surface area contributed by atoms with Crippen molar-refractivity contribution < 1.29 is 18.8 Å². The third kappa shape index (κ3) is 2.98. The number of nitrogens with zero attached hydrogens (tertiary/aromatic N) is 2. The van der Waals surface area contributed by atoms with E-state index in [9.17, 15) is 18.9 Å². The van der Waals surface area contributed by atoms with E-state index >= 15 is 0 Å². The summed E-state index contributed by atoms with van der Waals surface area (Å²) in [4.78, 5) is 11.9. The largest absolute Gasteiger partial charge is 0.391 e. The van der Waals surface area contributed by atoms with Crippen molar-refractivity contribution in [2.45, 2.75) is 25.4 Å². The van der Waals surface area contributed by atoms with Crippen molar-refractivity contribution in [2.24, 2.45) is 0 Å². The van der Waals surface area contributed by atoms with Crippen molar-refractivity contribution in [3.05, 3.63) is 33.9 Å². The summed E-state index contributed by atoms with van der Waals surface area (Å²) in [7, 11) is 0. The van der Waals surface area contributed by atoms with E-state index < -0.39 is 17.5 Å². The lowest BCUT2D eigenvalue weighted by atomic mass is 10.0. The Morgan fingerprint density at radius 2 is 2.00 bits per heavy atom. The van der Waals surface area contributed by atoms with Crippen molar-refractivity contribution in [1.82, 2.24) is 0 Å². The number of halogens is 2. The van der Waals surface area contributed by atoms with E-state index in [0.29, 0.717) is 5.69 Å². The molecule has 1 heterocycles. The Balaban J connectivity index is 2.20. The number of nitro benzene ring substituents is 1. The van der Waals surface area contributed by atoms with Gasteiger partial charge in [0.2, 0.25) is 0 Å². The van der Waals surface area contributed by atoms with E-state index in [4.69, 9.17) is 5.11 Å². The van der Waals surface area contributed by atoms with E-state index in [1.165, 1.54) is 18.2 Å². The summed E-state index contributed by atoms with van der Waals surface area (Å²) in [5.41, 5.74) is 0.665. The second-order valence-electron chi connectivity index (χ2n) is 4.57. The number of rotatable bonds is 3. The molecule has 0 saturated carbocycles. The topological polar surface area (TPSA) is 66.6 Å². The number of aliphatic hydroxyl groups is 1. The summed E-state index contributed by atoms with van der Waals surface area (Å²) >= 11 is 0. The maximum Gasteiger partial charge on any atom is 0.275 e. The molecule has 1 N–H and O–H groups in total. The van der Waals surface area contributed by atoms with Crippen LogP contribution in [0.15, 0.2) is 18.2 Å². The molecular weight excluding hydrogens is 258 g/mol. The highest BCUT2D eigenvalue weighted by Crippen LogP contribution is 2.32. The zero-order valence-electron chi connectivity index (χ0n) is 10.2. The summed E-state index contributed by atoms with van der Waals surface area (Å²) in [6.07, 6.45) is -0.448. The van der Waals surface area contributed by atoms with Crippen LogP contribution < -0.4 is 4.90 Å². The molecule has 1 aromatic carbocycles. The van der Waals surface area contributed by atoms with Gasteiger partial charge in [-0.1, -0.05) is 0 Å². The molecule has 1 saturated heterocycles. The maximum absolute atomic E-state index is 13.1. The van der Waals surface area contributed by atoms with Gasteiger partial charge in [-0.3, -0.25) is 10.1 Å². The molecule has 1 aromatic rings. The van der Waals surface area contributed by atoms with Gasteiger partial charge in [-0.25, -0.2) is 8.78 Å².